The third kappa shape index (κ3) is 0.619. The highest BCUT2D eigenvalue weighted by Gasteiger charge is 2.45. The predicted octanol–water partition coefficient (Wildman–Crippen LogP) is 1.92. The Labute approximate surface area is 71.4 Å². The van der Waals surface area contributed by atoms with Gasteiger partial charge in [0.1, 0.15) is 5.78 Å². The summed E-state index contributed by atoms with van der Waals surface area (Å²) in [5, 5.41) is 0. The first-order chi connectivity index (χ1) is 5.86. The Hall–Kier alpha value is -1.11. The minimum atomic E-state index is 0.279. The molecule has 60 valence electrons. The molecule has 1 heteroatoms. The third-order valence-electron chi connectivity index (χ3n) is 3.15. The quantitative estimate of drug-likeness (QED) is 0.563. The summed E-state index contributed by atoms with van der Waals surface area (Å²) in [6.07, 6.45) is 1.95. The summed E-state index contributed by atoms with van der Waals surface area (Å²) >= 11 is 0. The van der Waals surface area contributed by atoms with E-state index in [0.29, 0.717) is 11.7 Å². The van der Waals surface area contributed by atoms with Crippen LogP contribution in [0.4, 0.5) is 0 Å². The minimum absolute atomic E-state index is 0.279. The highest BCUT2D eigenvalue weighted by atomic mass is 16.1. The largest absolute Gasteiger partial charge is 0.299 e. The van der Waals surface area contributed by atoms with E-state index in [1.165, 1.54) is 11.1 Å². The number of hydrogen-bond donors (Lipinski definition) is 0. The molecule has 2 aliphatic carbocycles. The van der Waals surface area contributed by atoms with Gasteiger partial charge in [-0.15, -0.1) is 0 Å². The van der Waals surface area contributed by atoms with Gasteiger partial charge in [-0.3, -0.25) is 4.79 Å². The Morgan fingerprint density at radius 2 is 2.00 bits per heavy atom. The highest BCUT2D eigenvalue weighted by molar-refractivity contribution is 5.93. The molecule has 0 saturated heterocycles. The molecule has 1 aromatic carbocycles. The van der Waals surface area contributed by atoms with Crippen LogP contribution in [0.15, 0.2) is 24.3 Å². The smallest absolute Gasteiger partial charge is 0.140 e. The van der Waals surface area contributed by atoms with E-state index in [9.17, 15) is 4.79 Å². The molecule has 2 atom stereocenters. The average Bonchev–Trinajstić information content (AvgIpc) is 2.35. The maximum atomic E-state index is 11.3. The van der Waals surface area contributed by atoms with E-state index in [0.717, 1.165) is 12.8 Å². The Balaban J connectivity index is 2.14. The SMILES string of the molecule is O=C1C[C@H]2Cc3ccccc3[C@H]12. The van der Waals surface area contributed by atoms with Crippen LogP contribution in [0.25, 0.3) is 0 Å². The van der Waals surface area contributed by atoms with E-state index < -0.39 is 0 Å². The van der Waals surface area contributed by atoms with Crippen molar-refractivity contribution in [3.63, 3.8) is 0 Å². The van der Waals surface area contributed by atoms with E-state index in [-0.39, 0.29) is 5.92 Å². The molecule has 0 N–H and O–H groups in total. The molecule has 0 aromatic heterocycles. The second-order valence-electron chi connectivity index (χ2n) is 3.81. The number of ketones is 1. The van der Waals surface area contributed by atoms with Crippen LogP contribution in [0.5, 0.6) is 0 Å². The number of benzene rings is 1. The monoisotopic (exact) mass is 158 g/mol. The predicted molar refractivity (Wildman–Crippen MR) is 46.0 cm³/mol. The fraction of sp³-hybridized carbons (Fsp3) is 0.364. The van der Waals surface area contributed by atoms with Gasteiger partial charge in [0.15, 0.2) is 0 Å². The molecular weight excluding hydrogens is 148 g/mol. The van der Waals surface area contributed by atoms with E-state index >= 15 is 0 Å². The second-order valence-corrected chi connectivity index (χ2v) is 3.81. The summed E-state index contributed by atoms with van der Waals surface area (Å²) < 4.78 is 0. The first kappa shape index (κ1) is 6.41. The van der Waals surface area contributed by atoms with Crippen LogP contribution in [-0.4, -0.2) is 5.78 Å². The lowest BCUT2D eigenvalue weighted by molar-refractivity contribution is -0.128. The van der Waals surface area contributed by atoms with Gasteiger partial charge in [-0.05, 0) is 23.5 Å². The molecule has 2 aliphatic rings. The number of rotatable bonds is 0. The van der Waals surface area contributed by atoms with Crippen molar-refractivity contribution < 1.29 is 4.79 Å². The zero-order valence-electron chi connectivity index (χ0n) is 6.79. The van der Waals surface area contributed by atoms with Gasteiger partial charge in [-0.1, -0.05) is 24.3 Å². The van der Waals surface area contributed by atoms with Gasteiger partial charge in [0.05, 0.1) is 0 Å². The fourth-order valence-corrected chi connectivity index (χ4v) is 2.53. The molecule has 1 aromatic rings. The van der Waals surface area contributed by atoms with Crippen LogP contribution in [-0.2, 0) is 11.2 Å². The number of Topliss-reactive ketones (excluding diaryl/α,β-unsaturated/α-hetero) is 1. The molecule has 0 aliphatic heterocycles. The first-order valence-corrected chi connectivity index (χ1v) is 4.47. The van der Waals surface area contributed by atoms with Crippen molar-refractivity contribution in [2.75, 3.05) is 0 Å². The van der Waals surface area contributed by atoms with Crippen LogP contribution in [0.2, 0.25) is 0 Å². The number of fused-ring (bicyclic) bond motifs is 3. The average molecular weight is 158 g/mol. The van der Waals surface area contributed by atoms with Gasteiger partial charge in [0.2, 0.25) is 0 Å². The number of carbonyl (C=O) groups is 1. The van der Waals surface area contributed by atoms with Crippen molar-refractivity contribution in [1.82, 2.24) is 0 Å². The normalized spacial score (nSPS) is 30.8. The molecule has 1 saturated carbocycles. The standard InChI is InChI=1S/C11H10O/c12-10-6-8-5-7-3-1-2-4-9(7)11(8)10/h1-4,8,11H,5-6H2/t8-,11-/m1/s1. The summed E-state index contributed by atoms with van der Waals surface area (Å²) in [6, 6.07) is 8.36. The lowest BCUT2D eigenvalue weighted by Gasteiger charge is -2.28. The van der Waals surface area contributed by atoms with Crippen molar-refractivity contribution in [2.45, 2.75) is 18.8 Å². The summed E-state index contributed by atoms with van der Waals surface area (Å²) in [5.41, 5.74) is 2.71. The zero-order valence-corrected chi connectivity index (χ0v) is 6.79. The molecule has 0 amide bonds. The minimum Gasteiger partial charge on any atom is -0.299 e. The molecule has 1 fully saturated rings. The fourth-order valence-electron chi connectivity index (χ4n) is 2.53. The van der Waals surface area contributed by atoms with Crippen molar-refractivity contribution >= 4 is 5.78 Å². The number of hydrogen-bond acceptors (Lipinski definition) is 1. The number of carbonyl (C=O) groups excluding carboxylic acids is 1. The second kappa shape index (κ2) is 1.98. The summed E-state index contributed by atoms with van der Waals surface area (Å²) in [5.74, 6) is 1.38. The zero-order chi connectivity index (χ0) is 8.13. The topological polar surface area (TPSA) is 17.1 Å². The molecule has 0 unspecified atom stereocenters. The van der Waals surface area contributed by atoms with Crippen LogP contribution >= 0.6 is 0 Å². The lowest BCUT2D eigenvalue weighted by atomic mass is 9.73. The molecule has 0 radical (unpaired) electrons. The van der Waals surface area contributed by atoms with Gasteiger partial charge in [-0.2, -0.15) is 0 Å². The van der Waals surface area contributed by atoms with E-state index in [4.69, 9.17) is 0 Å². The molecule has 3 rings (SSSR count). The summed E-state index contributed by atoms with van der Waals surface area (Å²) in [4.78, 5) is 11.3. The first-order valence-electron chi connectivity index (χ1n) is 4.47. The molecule has 0 spiro atoms. The van der Waals surface area contributed by atoms with Crippen LogP contribution in [0.3, 0.4) is 0 Å². The van der Waals surface area contributed by atoms with E-state index in [2.05, 4.69) is 18.2 Å². The Morgan fingerprint density at radius 1 is 1.17 bits per heavy atom. The maximum absolute atomic E-state index is 11.3. The highest BCUT2D eigenvalue weighted by Crippen LogP contribution is 2.48. The Bertz CT molecular complexity index is 354. The van der Waals surface area contributed by atoms with Crippen molar-refractivity contribution in [3.05, 3.63) is 35.4 Å². The Morgan fingerprint density at radius 3 is 2.83 bits per heavy atom. The molecular formula is C11H10O. The van der Waals surface area contributed by atoms with Gasteiger partial charge >= 0.3 is 0 Å². The summed E-state index contributed by atoms with van der Waals surface area (Å²) in [7, 11) is 0. The molecule has 0 heterocycles. The molecule has 0 bridgehead atoms. The van der Waals surface area contributed by atoms with Crippen LogP contribution in [0.1, 0.15) is 23.5 Å². The van der Waals surface area contributed by atoms with Gasteiger partial charge < -0.3 is 0 Å². The Kier molecular flexibility index (Phi) is 1.06. The summed E-state index contributed by atoms with van der Waals surface area (Å²) in [6.45, 7) is 0. The van der Waals surface area contributed by atoms with Crippen LogP contribution < -0.4 is 0 Å². The van der Waals surface area contributed by atoms with Gasteiger partial charge in [-0.25, -0.2) is 0 Å². The third-order valence-corrected chi connectivity index (χ3v) is 3.15. The van der Waals surface area contributed by atoms with E-state index in [1.54, 1.807) is 0 Å². The van der Waals surface area contributed by atoms with E-state index in [1.807, 2.05) is 6.07 Å². The van der Waals surface area contributed by atoms with Crippen molar-refractivity contribution in [3.8, 4) is 0 Å². The molecule has 1 nitrogen and oxygen atoms in total. The molecule has 12 heavy (non-hydrogen) atoms. The van der Waals surface area contributed by atoms with Gasteiger partial charge in [0.25, 0.3) is 0 Å². The van der Waals surface area contributed by atoms with Crippen LogP contribution in [0, 0.1) is 5.92 Å². The van der Waals surface area contributed by atoms with Gasteiger partial charge in [0, 0.05) is 12.3 Å². The van der Waals surface area contributed by atoms with Crippen molar-refractivity contribution in [1.29, 1.82) is 0 Å². The van der Waals surface area contributed by atoms with Crippen molar-refractivity contribution in [2.24, 2.45) is 5.92 Å². The lowest BCUT2D eigenvalue weighted by Crippen LogP contribution is -2.31. The maximum Gasteiger partial charge on any atom is 0.140 e.